The predicted molar refractivity (Wildman–Crippen MR) is 105 cm³/mol. The molecule has 28 heavy (non-hydrogen) atoms. The minimum absolute atomic E-state index is 0.337. The smallest absolute Gasteiger partial charge is 0.344 e. The van der Waals surface area contributed by atoms with E-state index in [1.165, 1.54) is 0 Å². The van der Waals surface area contributed by atoms with E-state index >= 15 is 0 Å². The molecule has 0 spiro atoms. The van der Waals surface area contributed by atoms with Gasteiger partial charge in [-0.1, -0.05) is 12.1 Å². The molecule has 7 nitrogen and oxygen atoms in total. The molecule has 0 fully saturated rings. The second kappa shape index (κ2) is 10.8. The van der Waals surface area contributed by atoms with Gasteiger partial charge < -0.3 is 19.5 Å². The second-order valence-corrected chi connectivity index (χ2v) is 6.41. The molecule has 0 aliphatic heterocycles. The highest BCUT2D eigenvalue weighted by atomic mass is 32.2. The first kappa shape index (κ1) is 21.1. The number of nitrogens with one attached hydrogen (secondary N) is 1. The summed E-state index contributed by atoms with van der Waals surface area (Å²) < 4.78 is 15.7. The third-order valence-corrected chi connectivity index (χ3v) is 4.08. The third-order valence-electron chi connectivity index (χ3n) is 3.49. The van der Waals surface area contributed by atoms with E-state index in [1.54, 1.807) is 42.5 Å². The molecule has 0 saturated carbocycles. The molecule has 2 aromatic carbocycles. The summed E-state index contributed by atoms with van der Waals surface area (Å²) in [6, 6.07) is 12.2. The lowest BCUT2D eigenvalue weighted by molar-refractivity contribution is -0.149. The van der Waals surface area contributed by atoms with Crippen LogP contribution < -0.4 is 14.8 Å². The number of para-hydroxylation sites is 2. The summed E-state index contributed by atoms with van der Waals surface area (Å²) in [5.41, 5.74) is 1.39. The van der Waals surface area contributed by atoms with Gasteiger partial charge in [0.15, 0.2) is 24.7 Å². The number of thiocyanates is 1. The molecular weight excluding hydrogens is 380 g/mol. The van der Waals surface area contributed by atoms with Gasteiger partial charge >= 0.3 is 5.97 Å². The molecule has 146 valence electrons. The number of nitriles is 1. The molecule has 0 heterocycles. The molecule has 8 heteroatoms. The van der Waals surface area contributed by atoms with Crippen LogP contribution >= 0.6 is 11.8 Å². The predicted octanol–water partition coefficient (Wildman–Crippen LogP) is 3.53. The number of nitrogens with zero attached hydrogens (tertiary/aromatic N) is 1. The number of anilines is 1. The highest BCUT2D eigenvalue weighted by Gasteiger charge is 2.12. The molecule has 0 aliphatic carbocycles. The van der Waals surface area contributed by atoms with E-state index in [0.29, 0.717) is 23.8 Å². The van der Waals surface area contributed by atoms with Crippen molar-refractivity contribution in [2.24, 2.45) is 0 Å². The zero-order valence-corrected chi connectivity index (χ0v) is 16.4. The van der Waals surface area contributed by atoms with Crippen LogP contribution in [0, 0.1) is 17.6 Å². The van der Waals surface area contributed by atoms with Crippen LogP contribution in [0.2, 0.25) is 0 Å². The molecule has 1 amide bonds. The van der Waals surface area contributed by atoms with E-state index in [4.69, 9.17) is 19.5 Å². The molecule has 0 aliphatic rings. The summed E-state index contributed by atoms with van der Waals surface area (Å²) in [6.07, 6.45) is 0. The van der Waals surface area contributed by atoms with Gasteiger partial charge in [0.05, 0.1) is 6.61 Å². The summed E-state index contributed by atoms with van der Waals surface area (Å²) >= 11 is 1.04. The highest BCUT2D eigenvalue weighted by molar-refractivity contribution is 8.03. The first-order valence-corrected chi connectivity index (χ1v) is 9.31. The summed E-state index contributed by atoms with van der Waals surface area (Å²) in [4.78, 5) is 24.6. The van der Waals surface area contributed by atoms with Gasteiger partial charge in [0.1, 0.15) is 5.40 Å². The number of rotatable bonds is 9. The summed E-state index contributed by atoms with van der Waals surface area (Å²) in [5, 5.41) is 13.3. The van der Waals surface area contributed by atoms with E-state index in [9.17, 15) is 9.59 Å². The van der Waals surface area contributed by atoms with Gasteiger partial charge in [-0.2, -0.15) is 5.26 Å². The summed E-state index contributed by atoms with van der Waals surface area (Å²) in [5.74, 6) is -0.175. The number of hydrogen-bond donors (Lipinski definition) is 1. The summed E-state index contributed by atoms with van der Waals surface area (Å²) in [6.45, 7) is 3.37. The van der Waals surface area contributed by atoms with Crippen LogP contribution in [-0.4, -0.2) is 31.7 Å². The van der Waals surface area contributed by atoms with Crippen LogP contribution in [-0.2, 0) is 14.3 Å². The Balaban J connectivity index is 1.80. The lowest BCUT2D eigenvalue weighted by Crippen LogP contribution is -2.24. The second-order valence-electron chi connectivity index (χ2n) is 5.55. The van der Waals surface area contributed by atoms with Gasteiger partial charge in [-0.25, -0.2) is 4.79 Å². The van der Waals surface area contributed by atoms with E-state index < -0.39 is 18.5 Å². The quantitative estimate of drug-likeness (QED) is 0.391. The van der Waals surface area contributed by atoms with Crippen LogP contribution in [0.5, 0.6) is 11.5 Å². The average Bonchev–Trinajstić information content (AvgIpc) is 2.68. The summed E-state index contributed by atoms with van der Waals surface area (Å²) in [7, 11) is 0. The van der Waals surface area contributed by atoms with Crippen molar-refractivity contribution >= 4 is 29.3 Å². The van der Waals surface area contributed by atoms with Crippen molar-refractivity contribution in [1.29, 1.82) is 5.26 Å². The van der Waals surface area contributed by atoms with Crippen LogP contribution in [0.25, 0.3) is 0 Å². The van der Waals surface area contributed by atoms with Gasteiger partial charge in [0.25, 0.3) is 5.91 Å². The van der Waals surface area contributed by atoms with E-state index in [-0.39, 0.29) is 6.61 Å². The third kappa shape index (κ3) is 6.52. The molecule has 2 aromatic rings. The lowest BCUT2D eigenvalue weighted by Gasteiger charge is -2.12. The number of benzene rings is 2. The Morgan fingerprint density at radius 1 is 1.11 bits per heavy atom. The Bertz CT molecular complexity index is 879. The van der Waals surface area contributed by atoms with Crippen LogP contribution in [0.15, 0.2) is 47.4 Å². The maximum absolute atomic E-state index is 12.0. The average molecular weight is 400 g/mol. The van der Waals surface area contributed by atoms with E-state index in [1.807, 2.05) is 19.2 Å². The van der Waals surface area contributed by atoms with Crippen molar-refractivity contribution in [1.82, 2.24) is 0 Å². The SMILES string of the molecule is CCOc1ccccc1OCC(=O)OCC(=O)Nc1ccc(SC#N)cc1C. The molecule has 0 radical (unpaired) electrons. The van der Waals surface area contributed by atoms with E-state index in [2.05, 4.69) is 5.32 Å². The molecule has 0 aromatic heterocycles. The molecular formula is C20H20N2O5S. The fourth-order valence-corrected chi connectivity index (χ4v) is 2.72. The van der Waals surface area contributed by atoms with Crippen molar-refractivity contribution in [3.63, 3.8) is 0 Å². The van der Waals surface area contributed by atoms with Crippen LogP contribution in [0.3, 0.4) is 0 Å². The Morgan fingerprint density at radius 3 is 2.46 bits per heavy atom. The maximum atomic E-state index is 12.0. The number of thioether (sulfide) groups is 1. The molecule has 0 unspecified atom stereocenters. The molecule has 2 rings (SSSR count). The number of hydrogen-bond acceptors (Lipinski definition) is 7. The Morgan fingerprint density at radius 2 is 1.82 bits per heavy atom. The van der Waals surface area contributed by atoms with Crippen molar-refractivity contribution in [3.8, 4) is 16.9 Å². The first-order valence-electron chi connectivity index (χ1n) is 8.50. The van der Waals surface area contributed by atoms with Crippen LogP contribution in [0.4, 0.5) is 5.69 Å². The minimum atomic E-state index is -0.668. The number of ether oxygens (including phenoxy) is 3. The molecule has 0 bridgehead atoms. The van der Waals surface area contributed by atoms with Crippen molar-refractivity contribution in [2.75, 3.05) is 25.1 Å². The molecule has 0 saturated heterocycles. The fraction of sp³-hybridized carbons (Fsp3) is 0.250. The Kier molecular flexibility index (Phi) is 8.18. The van der Waals surface area contributed by atoms with Gasteiger partial charge in [-0.05, 0) is 61.5 Å². The number of amides is 1. The van der Waals surface area contributed by atoms with Gasteiger partial charge in [0.2, 0.25) is 0 Å². The zero-order valence-electron chi connectivity index (χ0n) is 15.6. The van der Waals surface area contributed by atoms with Crippen molar-refractivity contribution in [2.45, 2.75) is 18.7 Å². The Labute approximate surface area is 167 Å². The standard InChI is InChI=1S/C20H20N2O5S/c1-3-25-17-6-4-5-7-18(17)26-12-20(24)27-11-19(23)22-16-9-8-15(28-13-21)10-14(16)2/h4-10H,3,11-12H2,1-2H3,(H,22,23). The normalized spacial score (nSPS) is 9.89. The highest BCUT2D eigenvalue weighted by Crippen LogP contribution is 2.26. The number of carbonyl (C=O) groups is 2. The van der Waals surface area contributed by atoms with Gasteiger partial charge in [-0.3, -0.25) is 4.79 Å². The largest absolute Gasteiger partial charge is 0.490 e. The van der Waals surface area contributed by atoms with Gasteiger partial charge in [-0.15, -0.1) is 0 Å². The Hall–Kier alpha value is -3.18. The lowest BCUT2D eigenvalue weighted by atomic mass is 10.2. The minimum Gasteiger partial charge on any atom is -0.490 e. The monoisotopic (exact) mass is 400 g/mol. The number of aryl methyl sites for hydroxylation is 1. The van der Waals surface area contributed by atoms with Crippen LogP contribution in [0.1, 0.15) is 12.5 Å². The fourth-order valence-electron chi connectivity index (χ4n) is 2.25. The van der Waals surface area contributed by atoms with Crippen molar-refractivity contribution < 1.29 is 23.8 Å². The van der Waals surface area contributed by atoms with Gasteiger partial charge in [0, 0.05) is 10.6 Å². The van der Waals surface area contributed by atoms with Crippen molar-refractivity contribution in [3.05, 3.63) is 48.0 Å². The molecule has 1 N–H and O–H groups in total. The van der Waals surface area contributed by atoms with E-state index in [0.717, 1.165) is 22.2 Å². The first-order chi connectivity index (χ1) is 13.5. The maximum Gasteiger partial charge on any atom is 0.344 e. The number of esters is 1. The number of carbonyl (C=O) groups excluding carboxylic acids is 2. The topological polar surface area (TPSA) is 97.7 Å². The zero-order chi connectivity index (χ0) is 20.4. The molecule has 0 atom stereocenters.